The fourth-order valence-corrected chi connectivity index (χ4v) is 2.87. The first-order valence-corrected chi connectivity index (χ1v) is 8.55. The minimum atomic E-state index is -0.567. The molecule has 2 aromatic rings. The molecule has 6 nitrogen and oxygen atoms in total. The van der Waals surface area contributed by atoms with Crippen LogP contribution in [-0.4, -0.2) is 49.8 Å². The predicted octanol–water partition coefficient (Wildman–Crippen LogP) is 2.61. The van der Waals surface area contributed by atoms with Crippen molar-refractivity contribution < 1.29 is 14.3 Å². The zero-order chi connectivity index (χ0) is 18.0. The molecular formula is C19H25N3O3. The Morgan fingerprint density at radius 1 is 1.20 bits per heavy atom. The van der Waals surface area contributed by atoms with Crippen molar-refractivity contribution in [3.8, 4) is 5.75 Å². The summed E-state index contributed by atoms with van der Waals surface area (Å²) < 4.78 is 10.9. The lowest BCUT2D eigenvalue weighted by atomic mass is 10.1. The van der Waals surface area contributed by atoms with Gasteiger partial charge in [0.25, 0.3) is 0 Å². The van der Waals surface area contributed by atoms with E-state index in [1.165, 1.54) is 0 Å². The number of carbonyl (C=O) groups is 1. The number of nitrogens with zero attached hydrogens (tertiary/aromatic N) is 2. The van der Waals surface area contributed by atoms with Crippen molar-refractivity contribution in [3.63, 3.8) is 0 Å². The molecule has 25 heavy (non-hydrogen) atoms. The maximum atomic E-state index is 12.7. The average molecular weight is 343 g/mol. The highest BCUT2D eigenvalue weighted by molar-refractivity contribution is 6.04. The smallest absolute Gasteiger partial charge is 0.341 e. The van der Waals surface area contributed by atoms with Gasteiger partial charge in [-0.05, 0) is 45.0 Å². The summed E-state index contributed by atoms with van der Waals surface area (Å²) in [4.78, 5) is 19.7. The number of fused-ring (bicyclic) bond motifs is 1. The van der Waals surface area contributed by atoms with E-state index in [1.54, 1.807) is 13.2 Å². The van der Waals surface area contributed by atoms with E-state index in [9.17, 15) is 4.79 Å². The van der Waals surface area contributed by atoms with E-state index in [1.807, 2.05) is 39.0 Å². The minimum Gasteiger partial charge on any atom is -0.497 e. The Morgan fingerprint density at radius 2 is 1.92 bits per heavy atom. The number of pyridine rings is 1. The van der Waals surface area contributed by atoms with Crippen LogP contribution in [0.1, 0.15) is 31.1 Å². The summed E-state index contributed by atoms with van der Waals surface area (Å²) >= 11 is 0. The minimum absolute atomic E-state index is 0.388. The van der Waals surface area contributed by atoms with E-state index in [0.717, 1.165) is 37.4 Å². The number of nitrogens with one attached hydrogen (secondary N) is 1. The molecule has 0 saturated carbocycles. The first-order valence-electron chi connectivity index (χ1n) is 8.55. The second kappa shape index (κ2) is 6.88. The first kappa shape index (κ1) is 17.5. The number of methoxy groups -OCH3 is 1. The third-order valence-electron chi connectivity index (χ3n) is 4.05. The molecule has 0 unspecified atom stereocenters. The summed E-state index contributed by atoms with van der Waals surface area (Å²) in [6, 6.07) is 7.56. The maximum Gasteiger partial charge on any atom is 0.341 e. The van der Waals surface area contributed by atoms with Crippen LogP contribution in [0.15, 0.2) is 24.3 Å². The largest absolute Gasteiger partial charge is 0.497 e. The van der Waals surface area contributed by atoms with Gasteiger partial charge in [-0.25, -0.2) is 9.78 Å². The van der Waals surface area contributed by atoms with Gasteiger partial charge in [-0.15, -0.1) is 0 Å². The van der Waals surface area contributed by atoms with Gasteiger partial charge in [-0.2, -0.15) is 0 Å². The fourth-order valence-electron chi connectivity index (χ4n) is 2.87. The van der Waals surface area contributed by atoms with E-state index in [4.69, 9.17) is 14.5 Å². The van der Waals surface area contributed by atoms with Crippen molar-refractivity contribution in [2.45, 2.75) is 26.4 Å². The van der Waals surface area contributed by atoms with Crippen LogP contribution in [0.4, 0.5) is 5.82 Å². The maximum absolute atomic E-state index is 12.7. The number of esters is 1. The topological polar surface area (TPSA) is 63.7 Å². The normalized spacial score (nSPS) is 15.3. The molecule has 1 N–H and O–H groups in total. The zero-order valence-electron chi connectivity index (χ0n) is 15.3. The summed E-state index contributed by atoms with van der Waals surface area (Å²) in [5.41, 5.74) is 0.509. The van der Waals surface area contributed by atoms with Gasteiger partial charge in [-0.1, -0.05) is 0 Å². The third kappa shape index (κ3) is 4.02. The Bertz CT molecular complexity index is 777. The second-order valence-electron chi connectivity index (χ2n) is 7.16. The molecular weight excluding hydrogens is 318 g/mol. The Labute approximate surface area is 148 Å². The highest BCUT2D eigenvalue weighted by Crippen LogP contribution is 2.28. The van der Waals surface area contributed by atoms with Crippen LogP contribution < -0.4 is 15.0 Å². The van der Waals surface area contributed by atoms with Crippen LogP contribution in [0.2, 0.25) is 0 Å². The number of benzene rings is 1. The van der Waals surface area contributed by atoms with Crippen LogP contribution in [-0.2, 0) is 4.74 Å². The van der Waals surface area contributed by atoms with Crippen molar-refractivity contribution in [2.75, 3.05) is 38.2 Å². The van der Waals surface area contributed by atoms with Crippen molar-refractivity contribution in [1.29, 1.82) is 0 Å². The summed E-state index contributed by atoms with van der Waals surface area (Å²) in [7, 11) is 1.59. The van der Waals surface area contributed by atoms with Crippen LogP contribution in [0.25, 0.3) is 10.9 Å². The van der Waals surface area contributed by atoms with E-state index in [-0.39, 0.29) is 5.97 Å². The van der Waals surface area contributed by atoms with Crippen LogP contribution in [0.3, 0.4) is 0 Å². The molecule has 0 aliphatic carbocycles. The zero-order valence-corrected chi connectivity index (χ0v) is 15.3. The van der Waals surface area contributed by atoms with Crippen LogP contribution >= 0.6 is 0 Å². The molecule has 3 rings (SSSR count). The van der Waals surface area contributed by atoms with Crippen LogP contribution in [0, 0.1) is 0 Å². The number of rotatable bonds is 3. The fraction of sp³-hybridized carbons (Fsp3) is 0.474. The molecule has 0 radical (unpaired) electrons. The standard InChI is InChI=1S/C19H25N3O3/c1-19(2,3)25-18(23)15-12-14(24-4)11-13-5-6-16(21-17(13)15)22-9-7-20-8-10-22/h5-6,11-12,20H,7-10H2,1-4H3. The molecule has 1 aliphatic rings. The van der Waals surface area contributed by atoms with Gasteiger partial charge in [0.05, 0.1) is 18.2 Å². The van der Waals surface area contributed by atoms with Crippen molar-refractivity contribution in [1.82, 2.24) is 10.3 Å². The second-order valence-corrected chi connectivity index (χ2v) is 7.16. The number of piperazine rings is 1. The highest BCUT2D eigenvalue weighted by atomic mass is 16.6. The summed E-state index contributed by atoms with van der Waals surface area (Å²) in [5.74, 6) is 1.11. The first-order chi connectivity index (χ1) is 11.9. The highest BCUT2D eigenvalue weighted by Gasteiger charge is 2.22. The van der Waals surface area contributed by atoms with E-state index < -0.39 is 5.60 Å². The average Bonchev–Trinajstić information content (AvgIpc) is 2.59. The van der Waals surface area contributed by atoms with Gasteiger partial charge in [0.1, 0.15) is 17.2 Å². The lowest BCUT2D eigenvalue weighted by Crippen LogP contribution is -2.43. The van der Waals surface area contributed by atoms with Gasteiger partial charge in [0.2, 0.25) is 0 Å². The number of ether oxygens (including phenoxy) is 2. The molecule has 0 atom stereocenters. The molecule has 1 aliphatic heterocycles. The number of hydrogen-bond donors (Lipinski definition) is 1. The van der Waals surface area contributed by atoms with E-state index >= 15 is 0 Å². The third-order valence-corrected chi connectivity index (χ3v) is 4.05. The quantitative estimate of drug-likeness (QED) is 0.865. The SMILES string of the molecule is COc1cc(C(=O)OC(C)(C)C)c2nc(N3CCNCC3)ccc2c1. The van der Waals surface area contributed by atoms with Gasteiger partial charge < -0.3 is 19.7 Å². The number of anilines is 1. The molecule has 1 aromatic carbocycles. The Kier molecular flexibility index (Phi) is 4.81. The van der Waals surface area contributed by atoms with E-state index in [0.29, 0.717) is 16.8 Å². The molecule has 6 heteroatoms. The van der Waals surface area contributed by atoms with Gasteiger partial charge in [0.15, 0.2) is 0 Å². The Morgan fingerprint density at radius 3 is 2.56 bits per heavy atom. The molecule has 0 bridgehead atoms. The van der Waals surface area contributed by atoms with Crippen LogP contribution in [0.5, 0.6) is 5.75 Å². The summed E-state index contributed by atoms with van der Waals surface area (Å²) in [5, 5.41) is 4.19. The molecule has 0 spiro atoms. The lowest BCUT2D eigenvalue weighted by molar-refractivity contribution is 0.00713. The summed E-state index contributed by atoms with van der Waals surface area (Å²) in [6.45, 7) is 9.22. The van der Waals surface area contributed by atoms with Crippen molar-refractivity contribution in [2.24, 2.45) is 0 Å². The molecule has 0 amide bonds. The van der Waals surface area contributed by atoms with Crippen molar-refractivity contribution in [3.05, 3.63) is 29.8 Å². The molecule has 1 fully saturated rings. The van der Waals surface area contributed by atoms with E-state index in [2.05, 4.69) is 10.2 Å². The molecule has 1 saturated heterocycles. The Balaban J connectivity index is 2.06. The predicted molar refractivity (Wildman–Crippen MR) is 98.5 cm³/mol. The number of hydrogen-bond acceptors (Lipinski definition) is 6. The monoisotopic (exact) mass is 343 g/mol. The molecule has 1 aromatic heterocycles. The van der Waals surface area contributed by atoms with Gasteiger partial charge in [-0.3, -0.25) is 0 Å². The van der Waals surface area contributed by atoms with Crippen molar-refractivity contribution >= 4 is 22.7 Å². The molecule has 134 valence electrons. The lowest BCUT2D eigenvalue weighted by Gasteiger charge is -2.28. The molecule has 2 heterocycles. The Hall–Kier alpha value is -2.34. The number of carbonyl (C=O) groups excluding carboxylic acids is 1. The number of aromatic nitrogens is 1. The van der Waals surface area contributed by atoms with Gasteiger partial charge in [0, 0.05) is 31.6 Å². The summed E-state index contributed by atoms with van der Waals surface area (Å²) in [6.07, 6.45) is 0. The van der Waals surface area contributed by atoms with Gasteiger partial charge >= 0.3 is 5.97 Å².